The largest absolute Gasteiger partial charge is 0.356 e. The first-order valence-corrected chi connectivity index (χ1v) is 4.30. The topological polar surface area (TPSA) is 101 Å². The molecular formula is C5H7N2O3S. The third-order valence-electron chi connectivity index (χ3n) is 0.904. The van der Waals surface area contributed by atoms with Crippen molar-refractivity contribution in [1.82, 2.24) is 0 Å². The van der Waals surface area contributed by atoms with Gasteiger partial charge in [0.25, 0.3) is 0 Å². The van der Waals surface area contributed by atoms with Crippen LogP contribution >= 0.6 is 0 Å². The van der Waals surface area contributed by atoms with Crippen LogP contribution in [0.5, 0.6) is 0 Å². The number of amides is 1. The molecule has 61 valence electrons. The Morgan fingerprint density at radius 3 is 2.36 bits per heavy atom. The van der Waals surface area contributed by atoms with Crippen LogP contribution in [0.15, 0.2) is 0 Å². The molecule has 0 heterocycles. The first-order chi connectivity index (χ1) is 4.90. The highest BCUT2D eigenvalue weighted by atomic mass is 32.2. The van der Waals surface area contributed by atoms with Gasteiger partial charge in [-0.1, -0.05) is 0 Å². The van der Waals surface area contributed by atoms with E-state index in [-0.39, 0.29) is 5.92 Å². The molecule has 11 heavy (non-hydrogen) atoms. The molecule has 0 saturated carbocycles. The van der Waals surface area contributed by atoms with Crippen LogP contribution in [0.1, 0.15) is 6.92 Å². The van der Waals surface area contributed by atoms with Crippen molar-refractivity contribution in [3.05, 3.63) is 5.92 Å². The first-order valence-electron chi connectivity index (χ1n) is 2.65. The average molecular weight is 175 g/mol. The number of nitriles is 1. The third-order valence-corrected chi connectivity index (χ3v) is 2.33. The molecule has 0 spiro atoms. The van der Waals surface area contributed by atoms with E-state index >= 15 is 0 Å². The van der Waals surface area contributed by atoms with Crippen molar-refractivity contribution < 1.29 is 13.2 Å². The minimum atomic E-state index is -3.93. The van der Waals surface area contributed by atoms with Crippen molar-refractivity contribution in [3.63, 3.8) is 0 Å². The number of carbonyl (C=O) groups is 1. The predicted octanol–water partition coefficient (Wildman–Crippen LogP) is -0.402. The summed E-state index contributed by atoms with van der Waals surface area (Å²) in [4.78, 5) is 10.2. The fourth-order valence-corrected chi connectivity index (χ4v) is 1.17. The monoisotopic (exact) mass is 175 g/mol. The lowest BCUT2D eigenvalue weighted by Crippen LogP contribution is -2.26. The summed E-state index contributed by atoms with van der Waals surface area (Å²) in [5.41, 5.74) is 4.52. The van der Waals surface area contributed by atoms with Gasteiger partial charge in [-0.2, -0.15) is 5.26 Å². The minimum absolute atomic E-state index is 0.0452. The van der Waals surface area contributed by atoms with E-state index in [0.29, 0.717) is 0 Å². The van der Waals surface area contributed by atoms with Crippen LogP contribution in [0.25, 0.3) is 0 Å². The number of primary amides is 1. The molecule has 1 amide bonds. The van der Waals surface area contributed by atoms with Gasteiger partial charge in [0.1, 0.15) is 0 Å². The van der Waals surface area contributed by atoms with Crippen LogP contribution in [-0.2, 0) is 9.84 Å². The summed E-state index contributed by atoms with van der Waals surface area (Å²) in [6.07, 6.45) is 0. The highest BCUT2D eigenvalue weighted by Gasteiger charge is 2.21. The highest BCUT2D eigenvalue weighted by Crippen LogP contribution is 2.01. The number of nitrogens with two attached hydrogens (primary N) is 1. The number of nitrogens with zero attached hydrogens (tertiary/aromatic N) is 1. The van der Waals surface area contributed by atoms with Crippen molar-refractivity contribution in [2.75, 3.05) is 5.75 Å². The maximum Gasteiger partial charge on any atom is 0.333 e. The molecule has 6 heteroatoms. The smallest absolute Gasteiger partial charge is 0.333 e. The molecule has 0 fully saturated rings. The Kier molecular flexibility index (Phi) is 3.01. The Morgan fingerprint density at radius 2 is 2.09 bits per heavy atom. The zero-order chi connectivity index (χ0) is 9.07. The third kappa shape index (κ3) is 3.00. The summed E-state index contributed by atoms with van der Waals surface area (Å²) in [5, 5.41) is 6.78. The number of hydrogen-bond donors (Lipinski definition) is 1. The lowest BCUT2D eigenvalue weighted by molar-refractivity contribution is 0.265. The van der Waals surface area contributed by atoms with Crippen LogP contribution in [0.4, 0.5) is 4.79 Å². The molecular weight excluding hydrogens is 168 g/mol. The number of hydrogen-bond acceptors (Lipinski definition) is 4. The summed E-state index contributed by atoms with van der Waals surface area (Å²) < 4.78 is 21.3. The van der Waals surface area contributed by atoms with Crippen LogP contribution in [0.2, 0.25) is 0 Å². The Labute approximate surface area is 64.7 Å². The Bertz CT molecular complexity index is 287. The second-order valence-electron chi connectivity index (χ2n) is 1.97. The average Bonchev–Trinajstić information content (AvgIpc) is 1.86. The van der Waals surface area contributed by atoms with Crippen molar-refractivity contribution in [1.29, 1.82) is 5.26 Å². The Morgan fingerprint density at radius 1 is 1.64 bits per heavy atom. The summed E-state index contributed by atoms with van der Waals surface area (Å²) in [7, 11) is -3.93. The van der Waals surface area contributed by atoms with Crippen molar-refractivity contribution in [3.8, 4) is 6.07 Å². The van der Waals surface area contributed by atoms with Gasteiger partial charge in [0, 0.05) is 0 Å². The molecule has 0 aliphatic carbocycles. The van der Waals surface area contributed by atoms with Crippen LogP contribution in [0, 0.1) is 17.2 Å². The van der Waals surface area contributed by atoms with Crippen LogP contribution in [-0.4, -0.2) is 19.4 Å². The summed E-state index contributed by atoms with van der Waals surface area (Å²) in [5.74, 6) is -0.539. The molecule has 0 atom stereocenters. The fraction of sp³-hybridized carbons (Fsp3) is 0.400. The van der Waals surface area contributed by atoms with Gasteiger partial charge in [0.15, 0.2) is 0 Å². The maximum atomic E-state index is 10.7. The number of sulfone groups is 1. The van der Waals surface area contributed by atoms with E-state index in [1.165, 1.54) is 6.92 Å². The molecule has 1 radical (unpaired) electrons. The molecule has 0 aliphatic heterocycles. The molecule has 0 aromatic carbocycles. The van der Waals surface area contributed by atoms with Crippen molar-refractivity contribution in [2.45, 2.75) is 6.92 Å². The number of carbonyl (C=O) groups excluding carboxylic acids is 1. The Balaban J connectivity index is 4.42. The zero-order valence-electron chi connectivity index (χ0n) is 5.86. The summed E-state index contributed by atoms with van der Waals surface area (Å²) in [6, 6.07) is 1.61. The van der Waals surface area contributed by atoms with E-state index in [2.05, 4.69) is 5.73 Å². The quantitative estimate of drug-likeness (QED) is 0.616. The molecule has 0 aromatic heterocycles. The zero-order valence-corrected chi connectivity index (χ0v) is 6.68. The van der Waals surface area contributed by atoms with Gasteiger partial charge in [0.05, 0.1) is 17.7 Å². The molecule has 0 aromatic rings. The fourth-order valence-electron chi connectivity index (χ4n) is 0.388. The van der Waals surface area contributed by atoms with E-state index in [4.69, 9.17) is 5.26 Å². The maximum absolute atomic E-state index is 10.7. The summed E-state index contributed by atoms with van der Waals surface area (Å²) in [6.45, 7) is 1.32. The molecule has 0 unspecified atom stereocenters. The highest BCUT2D eigenvalue weighted by molar-refractivity contribution is 8.06. The first kappa shape index (κ1) is 9.91. The summed E-state index contributed by atoms with van der Waals surface area (Å²) >= 11 is 0. The second kappa shape index (κ2) is 3.34. The van der Waals surface area contributed by atoms with Crippen molar-refractivity contribution >= 4 is 15.1 Å². The number of rotatable bonds is 2. The molecule has 2 N–H and O–H groups in total. The van der Waals surface area contributed by atoms with E-state index < -0.39 is 20.8 Å². The molecule has 0 rings (SSSR count). The molecule has 0 aliphatic rings. The van der Waals surface area contributed by atoms with E-state index in [1.807, 2.05) is 0 Å². The second-order valence-corrected chi connectivity index (χ2v) is 3.89. The lowest BCUT2D eigenvalue weighted by Gasteiger charge is -1.98. The van der Waals surface area contributed by atoms with Gasteiger partial charge >= 0.3 is 5.24 Å². The van der Waals surface area contributed by atoms with E-state index in [9.17, 15) is 13.2 Å². The van der Waals surface area contributed by atoms with E-state index in [0.717, 1.165) is 0 Å². The molecule has 5 nitrogen and oxygen atoms in total. The normalized spacial score (nSPS) is 11.0. The standard InChI is InChI=1S/C5H7N2O3S/c1-4(2-6)3-11(9,10)5(7)8/h3H2,1H3,(H2,7,8). The van der Waals surface area contributed by atoms with Crippen molar-refractivity contribution in [2.24, 2.45) is 5.73 Å². The van der Waals surface area contributed by atoms with Gasteiger partial charge < -0.3 is 5.73 Å². The van der Waals surface area contributed by atoms with Crippen LogP contribution in [0.3, 0.4) is 0 Å². The molecule has 0 saturated heterocycles. The van der Waals surface area contributed by atoms with Gasteiger partial charge in [-0.3, -0.25) is 4.79 Å². The van der Waals surface area contributed by atoms with Gasteiger partial charge in [0.2, 0.25) is 9.84 Å². The lowest BCUT2D eigenvalue weighted by atomic mass is 10.3. The SMILES string of the molecule is C[C](C#N)CS(=O)(=O)C(N)=O. The van der Waals surface area contributed by atoms with Gasteiger partial charge in [-0.15, -0.1) is 0 Å². The minimum Gasteiger partial charge on any atom is -0.356 e. The van der Waals surface area contributed by atoms with E-state index in [1.54, 1.807) is 6.07 Å². The van der Waals surface area contributed by atoms with Crippen LogP contribution < -0.4 is 5.73 Å². The molecule has 0 bridgehead atoms. The Hall–Kier alpha value is -1.09. The van der Waals surface area contributed by atoms with Gasteiger partial charge in [-0.25, -0.2) is 8.42 Å². The van der Waals surface area contributed by atoms with Gasteiger partial charge in [-0.05, 0) is 6.92 Å². The predicted molar refractivity (Wildman–Crippen MR) is 37.9 cm³/mol.